The maximum atomic E-state index is 12.9. The number of hydrogen-bond donors (Lipinski definition) is 1. The van der Waals surface area contributed by atoms with Gasteiger partial charge in [-0.25, -0.2) is 14.8 Å². The average Bonchev–Trinajstić information content (AvgIpc) is 2.60. The van der Waals surface area contributed by atoms with E-state index in [1.165, 1.54) is 12.1 Å². The molecule has 5 rings (SSSR count). The first kappa shape index (κ1) is 18.5. The lowest BCUT2D eigenvalue weighted by molar-refractivity contribution is -0.137. The van der Waals surface area contributed by atoms with Gasteiger partial charge in [0.15, 0.2) is 0 Å². The number of alkyl halides is 3. The van der Waals surface area contributed by atoms with Gasteiger partial charge in [-0.05, 0) is 38.5 Å². The van der Waals surface area contributed by atoms with Gasteiger partial charge in [-0.3, -0.25) is 0 Å². The van der Waals surface area contributed by atoms with Gasteiger partial charge in [0, 0.05) is 30.5 Å². The number of aromatic nitrogens is 2. The second-order valence-electron chi connectivity index (χ2n) is 7.28. The summed E-state index contributed by atoms with van der Waals surface area (Å²) in [5.41, 5.74) is 0.249. The third-order valence-corrected chi connectivity index (χ3v) is 5.15. The molecule has 0 aliphatic carbocycles. The molecule has 2 amide bonds. The van der Waals surface area contributed by atoms with Crippen molar-refractivity contribution >= 4 is 17.5 Å². The van der Waals surface area contributed by atoms with Crippen LogP contribution in [0.15, 0.2) is 30.3 Å². The van der Waals surface area contributed by atoms with Gasteiger partial charge >= 0.3 is 12.2 Å². The summed E-state index contributed by atoms with van der Waals surface area (Å²) >= 11 is 0. The number of hydrogen-bond acceptors (Lipinski definition) is 4. The van der Waals surface area contributed by atoms with Crippen LogP contribution < -0.4 is 10.2 Å². The van der Waals surface area contributed by atoms with Gasteiger partial charge in [-0.1, -0.05) is 6.07 Å². The Labute approximate surface area is 160 Å². The van der Waals surface area contributed by atoms with Crippen LogP contribution in [0.5, 0.6) is 0 Å². The van der Waals surface area contributed by atoms with Crippen LogP contribution >= 0.6 is 0 Å². The molecule has 9 heteroatoms. The smallest absolute Gasteiger partial charge is 0.352 e. The molecule has 1 N–H and O–H groups in total. The van der Waals surface area contributed by atoms with E-state index in [0.717, 1.165) is 30.1 Å². The number of aryl methyl sites for hydroxylation is 2. The maximum Gasteiger partial charge on any atom is 0.416 e. The molecular weight excluding hydrogens is 371 g/mol. The lowest BCUT2D eigenvalue weighted by atomic mass is 9.88. The van der Waals surface area contributed by atoms with E-state index in [-0.39, 0.29) is 23.8 Å². The number of carbonyl (C=O) groups excluding carboxylic acids is 1. The molecule has 3 aliphatic rings. The van der Waals surface area contributed by atoms with E-state index in [1.807, 2.05) is 19.9 Å². The molecule has 148 valence electrons. The lowest BCUT2D eigenvalue weighted by Gasteiger charge is -2.56. The molecule has 2 atom stereocenters. The van der Waals surface area contributed by atoms with Crippen LogP contribution in [-0.4, -0.2) is 46.1 Å². The van der Waals surface area contributed by atoms with E-state index in [1.54, 1.807) is 4.90 Å². The zero-order chi connectivity index (χ0) is 20.1. The van der Waals surface area contributed by atoms with Crippen molar-refractivity contribution < 1.29 is 18.0 Å². The van der Waals surface area contributed by atoms with Crippen molar-refractivity contribution in [3.05, 3.63) is 47.4 Å². The van der Waals surface area contributed by atoms with Crippen molar-refractivity contribution in [2.75, 3.05) is 23.3 Å². The quantitative estimate of drug-likeness (QED) is 0.850. The van der Waals surface area contributed by atoms with Crippen LogP contribution in [-0.2, 0) is 6.18 Å². The first-order valence-electron chi connectivity index (χ1n) is 9.04. The predicted molar refractivity (Wildman–Crippen MR) is 98.2 cm³/mol. The fourth-order valence-corrected chi connectivity index (χ4v) is 3.95. The van der Waals surface area contributed by atoms with Gasteiger partial charge in [0.25, 0.3) is 0 Å². The first-order chi connectivity index (χ1) is 13.2. The zero-order valence-electron chi connectivity index (χ0n) is 15.5. The second-order valence-corrected chi connectivity index (χ2v) is 7.28. The number of carbonyl (C=O) groups is 1. The van der Waals surface area contributed by atoms with Crippen LogP contribution in [0.1, 0.15) is 23.5 Å². The summed E-state index contributed by atoms with van der Waals surface area (Å²) < 4.78 is 38.6. The van der Waals surface area contributed by atoms with E-state index in [0.29, 0.717) is 18.9 Å². The SMILES string of the molecule is Cc1cc(N2CC3CC(C2)N3C(=O)Nc2cccc(C(F)(F)F)c2)nc(C)n1. The summed E-state index contributed by atoms with van der Waals surface area (Å²) in [6.45, 7) is 5.04. The minimum atomic E-state index is -4.44. The van der Waals surface area contributed by atoms with E-state index < -0.39 is 11.7 Å². The number of piperazine rings is 1. The Balaban J connectivity index is 1.43. The molecule has 4 heterocycles. The van der Waals surface area contributed by atoms with Crippen molar-refractivity contribution in [2.45, 2.75) is 38.5 Å². The molecule has 0 radical (unpaired) electrons. The summed E-state index contributed by atoms with van der Waals surface area (Å²) in [6, 6.07) is 6.27. The molecule has 0 spiro atoms. The number of nitrogens with one attached hydrogen (secondary N) is 1. The topological polar surface area (TPSA) is 61.4 Å². The highest BCUT2D eigenvalue weighted by molar-refractivity contribution is 5.90. The normalized spacial score (nSPS) is 21.3. The minimum Gasteiger partial charge on any atom is -0.352 e. The second kappa shape index (κ2) is 6.65. The first-order valence-corrected chi connectivity index (χ1v) is 9.04. The zero-order valence-corrected chi connectivity index (χ0v) is 15.5. The number of benzene rings is 1. The molecule has 3 fully saturated rings. The predicted octanol–water partition coefficient (Wildman–Crippen LogP) is 3.61. The number of nitrogens with zero attached hydrogens (tertiary/aromatic N) is 4. The third-order valence-electron chi connectivity index (χ3n) is 5.15. The van der Waals surface area contributed by atoms with E-state index in [2.05, 4.69) is 20.2 Å². The molecule has 0 saturated carbocycles. The Morgan fingerprint density at radius 1 is 1.14 bits per heavy atom. The van der Waals surface area contributed by atoms with Gasteiger partial charge < -0.3 is 15.1 Å². The number of amides is 2. The van der Waals surface area contributed by atoms with Crippen molar-refractivity contribution in [3.63, 3.8) is 0 Å². The molecule has 3 aliphatic heterocycles. The summed E-state index contributed by atoms with van der Waals surface area (Å²) in [5.74, 6) is 1.55. The highest BCUT2D eigenvalue weighted by Crippen LogP contribution is 2.35. The minimum absolute atomic E-state index is 0.0140. The average molecular weight is 391 g/mol. The fourth-order valence-electron chi connectivity index (χ4n) is 3.95. The van der Waals surface area contributed by atoms with Crippen LogP contribution in [0.25, 0.3) is 0 Å². The summed E-state index contributed by atoms with van der Waals surface area (Å²) in [5, 5.41) is 2.60. The van der Waals surface area contributed by atoms with Gasteiger partial charge in [-0.2, -0.15) is 13.2 Å². The highest BCUT2D eigenvalue weighted by atomic mass is 19.4. The molecule has 2 aromatic rings. The van der Waals surface area contributed by atoms with Gasteiger partial charge in [-0.15, -0.1) is 0 Å². The van der Waals surface area contributed by atoms with Gasteiger partial charge in [0.05, 0.1) is 17.6 Å². The molecule has 3 saturated heterocycles. The molecule has 2 unspecified atom stereocenters. The number of anilines is 2. The largest absolute Gasteiger partial charge is 0.416 e. The highest BCUT2D eigenvalue weighted by Gasteiger charge is 2.47. The number of fused-ring (bicyclic) bond motifs is 2. The van der Waals surface area contributed by atoms with Gasteiger partial charge in [0.2, 0.25) is 0 Å². The van der Waals surface area contributed by atoms with Crippen LogP contribution in [0.4, 0.5) is 29.5 Å². The number of halogens is 3. The van der Waals surface area contributed by atoms with Crippen molar-refractivity contribution in [3.8, 4) is 0 Å². The Kier molecular flexibility index (Phi) is 4.40. The van der Waals surface area contributed by atoms with Crippen molar-refractivity contribution in [1.82, 2.24) is 14.9 Å². The number of urea groups is 1. The van der Waals surface area contributed by atoms with Gasteiger partial charge in [0.1, 0.15) is 11.6 Å². The molecule has 6 nitrogen and oxygen atoms in total. The summed E-state index contributed by atoms with van der Waals surface area (Å²) in [6.07, 6.45) is -3.56. The Morgan fingerprint density at radius 2 is 1.86 bits per heavy atom. The molecule has 1 aromatic carbocycles. The lowest BCUT2D eigenvalue weighted by Crippen LogP contribution is -2.71. The standard InChI is InChI=1S/C19H20F3N5O/c1-11-6-17(24-12(2)23-11)26-9-15-8-16(10-26)27(15)18(28)25-14-5-3-4-13(7-14)19(20,21)22/h3-7,15-16H,8-10H2,1-2H3,(H,25,28). The van der Waals surface area contributed by atoms with Crippen LogP contribution in [0.3, 0.4) is 0 Å². The molecule has 28 heavy (non-hydrogen) atoms. The Morgan fingerprint density at radius 3 is 2.50 bits per heavy atom. The van der Waals surface area contributed by atoms with E-state index >= 15 is 0 Å². The van der Waals surface area contributed by atoms with E-state index in [4.69, 9.17) is 0 Å². The monoisotopic (exact) mass is 391 g/mol. The van der Waals surface area contributed by atoms with Crippen LogP contribution in [0, 0.1) is 13.8 Å². The molecular formula is C19H20F3N5O. The fraction of sp³-hybridized carbons (Fsp3) is 0.421. The third kappa shape index (κ3) is 3.48. The number of rotatable bonds is 2. The Bertz CT molecular complexity index is 884. The van der Waals surface area contributed by atoms with Crippen LogP contribution in [0.2, 0.25) is 0 Å². The summed E-state index contributed by atoms with van der Waals surface area (Å²) in [4.78, 5) is 25.2. The Hall–Kier alpha value is -2.84. The molecule has 2 bridgehead atoms. The van der Waals surface area contributed by atoms with Crippen molar-refractivity contribution in [1.29, 1.82) is 0 Å². The molecule has 1 aromatic heterocycles. The van der Waals surface area contributed by atoms with Crippen molar-refractivity contribution in [2.24, 2.45) is 0 Å². The number of piperidine rings is 1. The maximum absolute atomic E-state index is 12.9. The summed E-state index contributed by atoms with van der Waals surface area (Å²) in [7, 11) is 0. The van der Waals surface area contributed by atoms with E-state index in [9.17, 15) is 18.0 Å².